The van der Waals surface area contributed by atoms with Crippen LogP contribution in [0.2, 0.25) is 0 Å². The molecule has 16 heavy (non-hydrogen) atoms. The van der Waals surface area contributed by atoms with Gasteiger partial charge in [-0.2, -0.15) is 0 Å². The van der Waals surface area contributed by atoms with Crippen LogP contribution in [0.5, 0.6) is 0 Å². The Morgan fingerprint density at radius 2 is 2.00 bits per heavy atom. The quantitative estimate of drug-likeness (QED) is 0.735. The molecule has 0 aromatic carbocycles. The first-order valence-electron chi connectivity index (χ1n) is 6.94. The van der Waals surface area contributed by atoms with Gasteiger partial charge in [-0.1, -0.05) is 0 Å². The maximum absolute atomic E-state index is 12.3. The minimum atomic E-state index is -0.583. The molecule has 0 saturated heterocycles. The van der Waals surface area contributed by atoms with Crippen LogP contribution in [0.15, 0.2) is 0 Å². The SMILES string of the molecule is O=C1[C@H]2CC[C@@H](C2)[C@@H]1[C@@]1(O)C[C@H]2CC[C@H]1C2. The second-order valence-corrected chi connectivity index (χ2v) is 6.72. The van der Waals surface area contributed by atoms with E-state index in [2.05, 4.69) is 0 Å². The molecule has 4 rings (SSSR count). The standard InChI is InChI=1S/C14H20O2/c15-13-10-3-2-9(6-10)12(13)14(16)7-8-1-4-11(14)5-8/h8-12,16H,1-7H2/t8-,9-,10-,11-,12-,14+/m0/s1. The Balaban J connectivity index is 1.68. The predicted octanol–water partition coefficient (Wildman–Crippen LogP) is 2.15. The van der Waals surface area contributed by atoms with Crippen molar-refractivity contribution < 1.29 is 9.90 Å². The van der Waals surface area contributed by atoms with E-state index in [1.165, 1.54) is 25.7 Å². The van der Waals surface area contributed by atoms with Crippen molar-refractivity contribution in [3.8, 4) is 0 Å². The van der Waals surface area contributed by atoms with Crippen molar-refractivity contribution in [1.82, 2.24) is 0 Å². The van der Waals surface area contributed by atoms with E-state index < -0.39 is 5.60 Å². The van der Waals surface area contributed by atoms with E-state index in [0.717, 1.165) is 25.2 Å². The molecule has 4 saturated carbocycles. The maximum atomic E-state index is 12.3. The summed E-state index contributed by atoms with van der Waals surface area (Å²) >= 11 is 0. The van der Waals surface area contributed by atoms with E-state index in [-0.39, 0.29) is 5.92 Å². The molecule has 2 heteroatoms. The van der Waals surface area contributed by atoms with Gasteiger partial charge in [0.2, 0.25) is 0 Å². The number of hydrogen-bond acceptors (Lipinski definition) is 2. The highest BCUT2D eigenvalue weighted by molar-refractivity contribution is 5.88. The molecule has 0 unspecified atom stereocenters. The molecule has 0 heterocycles. The Hall–Kier alpha value is -0.370. The average molecular weight is 220 g/mol. The highest BCUT2D eigenvalue weighted by atomic mass is 16.3. The first-order chi connectivity index (χ1) is 7.68. The summed E-state index contributed by atoms with van der Waals surface area (Å²) in [5.41, 5.74) is -0.583. The van der Waals surface area contributed by atoms with E-state index >= 15 is 0 Å². The highest BCUT2D eigenvalue weighted by Crippen LogP contribution is 2.60. The highest BCUT2D eigenvalue weighted by Gasteiger charge is 2.62. The number of Topliss-reactive ketones (excluding diaryl/α,β-unsaturated/α-hetero) is 1. The Morgan fingerprint density at radius 3 is 2.56 bits per heavy atom. The van der Waals surface area contributed by atoms with Crippen LogP contribution in [-0.2, 0) is 4.79 Å². The van der Waals surface area contributed by atoms with Gasteiger partial charge in [-0.05, 0) is 62.7 Å². The van der Waals surface area contributed by atoms with Crippen molar-refractivity contribution in [3.05, 3.63) is 0 Å². The molecule has 0 aliphatic heterocycles. The van der Waals surface area contributed by atoms with Gasteiger partial charge in [0, 0.05) is 11.8 Å². The van der Waals surface area contributed by atoms with E-state index in [4.69, 9.17) is 0 Å². The summed E-state index contributed by atoms with van der Waals surface area (Å²) in [5.74, 6) is 2.47. The lowest BCUT2D eigenvalue weighted by atomic mass is 9.68. The molecule has 2 nitrogen and oxygen atoms in total. The van der Waals surface area contributed by atoms with Crippen LogP contribution in [0, 0.1) is 29.6 Å². The van der Waals surface area contributed by atoms with Crippen LogP contribution in [0.25, 0.3) is 0 Å². The summed E-state index contributed by atoms with van der Waals surface area (Å²) in [7, 11) is 0. The van der Waals surface area contributed by atoms with Crippen molar-refractivity contribution in [2.45, 2.75) is 50.5 Å². The van der Waals surface area contributed by atoms with Crippen molar-refractivity contribution >= 4 is 5.78 Å². The lowest BCUT2D eigenvalue weighted by molar-refractivity contribution is -0.142. The monoisotopic (exact) mass is 220 g/mol. The summed E-state index contributed by atoms with van der Waals surface area (Å²) in [6, 6.07) is 0. The summed E-state index contributed by atoms with van der Waals surface area (Å²) in [6.45, 7) is 0. The summed E-state index contributed by atoms with van der Waals surface area (Å²) in [4.78, 5) is 12.3. The topological polar surface area (TPSA) is 37.3 Å². The molecule has 1 N–H and O–H groups in total. The summed E-state index contributed by atoms with van der Waals surface area (Å²) in [6.07, 6.45) is 7.97. The van der Waals surface area contributed by atoms with Crippen LogP contribution >= 0.6 is 0 Å². The molecule has 4 aliphatic carbocycles. The van der Waals surface area contributed by atoms with E-state index in [0.29, 0.717) is 23.5 Å². The Bertz CT molecular complexity index is 351. The largest absolute Gasteiger partial charge is 0.389 e. The Kier molecular flexibility index (Phi) is 1.75. The molecule has 0 spiro atoms. The molecule has 88 valence electrons. The van der Waals surface area contributed by atoms with Crippen LogP contribution in [0.4, 0.5) is 0 Å². The van der Waals surface area contributed by atoms with Crippen LogP contribution < -0.4 is 0 Å². The van der Waals surface area contributed by atoms with Gasteiger partial charge in [0.05, 0.1) is 5.60 Å². The lowest BCUT2D eigenvalue weighted by Gasteiger charge is -2.40. The molecule has 0 radical (unpaired) electrons. The van der Waals surface area contributed by atoms with E-state index in [9.17, 15) is 9.90 Å². The first kappa shape index (κ1) is 9.64. The van der Waals surface area contributed by atoms with Crippen LogP contribution in [0.1, 0.15) is 44.9 Å². The number of rotatable bonds is 1. The van der Waals surface area contributed by atoms with Crippen molar-refractivity contribution in [2.75, 3.05) is 0 Å². The number of ketones is 1. The van der Waals surface area contributed by atoms with Gasteiger partial charge in [0.15, 0.2) is 0 Å². The fourth-order valence-electron chi connectivity index (χ4n) is 5.44. The third-order valence-corrected chi connectivity index (χ3v) is 6.06. The number of carbonyl (C=O) groups excluding carboxylic acids is 1. The molecule has 0 aromatic heterocycles. The summed E-state index contributed by atoms with van der Waals surface area (Å²) in [5, 5.41) is 11.0. The van der Waals surface area contributed by atoms with Gasteiger partial charge >= 0.3 is 0 Å². The fraction of sp³-hybridized carbons (Fsp3) is 0.929. The molecular weight excluding hydrogens is 200 g/mol. The predicted molar refractivity (Wildman–Crippen MR) is 59.7 cm³/mol. The minimum absolute atomic E-state index is 0.0292. The molecule has 0 amide bonds. The average Bonchev–Trinajstić information content (AvgIpc) is 2.92. The van der Waals surface area contributed by atoms with Crippen molar-refractivity contribution in [3.63, 3.8) is 0 Å². The second-order valence-electron chi connectivity index (χ2n) is 6.72. The van der Waals surface area contributed by atoms with Gasteiger partial charge in [0.1, 0.15) is 5.78 Å². The number of hydrogen-bond donors (Lipinski definition) is 1. The third-order valence-electron chi connectivity index (χ3n) is 6.06. The number of aliphatic hydroxyl groups is 1. The number of carbonyl (C=O) groups is 1. The molecule has 0 aromatic rings. The summed E-state index contributed by atoms with van der Waals surface area (Å²) < 4.78 is 0. The normalized spacial score (nSPS) is 58.8. The molecular formula is C14H20O2. The first-order valence-corrected chi connectivity index (χ1v) is 6.94. The fourth-order valence-corrected chi connectivity index (χ4v) is 5.44. The molecule has 4 aliphatic rings. The molecule has 4 fully saturated rings. The zero-order valence-electron chi connectivity index (χ0n) is 9.69. The Labute approximate surface area is 96.4 Å². The van der Waals surface area contributed by atoms with Gasteiger partial charge in [0.25, 0.3) is 0 Å². The van der Waals surface area contributed by atoms with Crippen molar-refractivity contribution in [1.29, 1.82) is 0 Å². The van der Waals surface area contributed by atoms with Crippen molar-refractivity contribution in [2.24, 2.45) is 29.6 Å². The van der Waals surface area contributed by atoms with Crippen LogP contribution in [-0.4, -0.2) is 16.5 Å². The van der Waals surface area contributed by atoms with E-state index in [1.54, 1.807) is 0 Å². The third kappa shape index (κ3) is 1.000. The molecule has 6 atom stereocenters. The van der Waals surface area contributed by atoms with Gasteiger partial charge in [-0.3, -0.25) is 4.79 Å². The van der Waals surface area contributed by atoms with Crippen LogP contribution in [0.3, 0.4) is 0 Å². The van der Waals surface area contributed by atoms with Gasteiger partial charge < -0.3 is 5.11 Å². The second kappa shape index (κ2) is 2.90. The van der Waals surface area contributed by atoms with Gasteiger partial charge in [-0.15, -0.1) is 0 Å². The Morgan fingerprint density at radius 1 is 1.12 bits per heavy atom. The zero-order valence-corrected chi connectivity index (χ0v) is 9.69. The van der Waals surface area contributed by atoms with E-state index in [1.807, 2.05) is 0 Å². The lowest BCUT2D eigenvalue weighted by Crippen LogP contribution is -2.49. The maximum Gasteiger partial charge on any atom is 0.142 e. The number of fused-ring (bicyclic) bond motifs is 4. The van der Waals surface area contributed by atoms with Gasteiger partial charge in [-0.25, -0.2) is 0 Å². The molecule has 4 bridgehead atoms. The minimum Gasteiger partial charge on any atom is -0.389 e. The smallest absolute Gasteiger partial charge is 0.142 e. The zero-order chi connectivity index (χ0) is 10.9.